The van der Waals surface area contributed by atoms with E-state index in [0.717, 1.165) is 36.6 Å². The predicted molar refractivity (Wildman–Crippen MR) is 98.8 cm³/mol. The number of carboxylic acids is 1. The summed E-state index contributed by atoms with van der Waals surface area (Å²) in [6.07, 6.45) is 1.09. The van der Waals surface area contributed by atoms with Crippen molar-refractivity contribution in [2.24, 2.45) is 0 Å². The monoisotopic (exact) mass is 350 g/mol. The maximum Gasteiger partial charge on any atom is 0.355 e. The molecule has 0 atom stereocenters. The summed E-state index contributed by atoms with van der Waals surface area (Å²) in [6, 6.07) is 16.9. The molecule has 0 bridgehead atoms. The molecule has 0 spiro atoms. The second kappa shape index (κ2) is 6.78. The topological polar surface area (TPSA) is 53.4 Å². The van der Waals surface area contributed by atoms with Crippen molar-refractivity contribution in [3.8, 4) is 10.6 Å². The SMILES string of the molecule is O=C(O)c1csc(-c2cccc(CN3CCc4ccccc4C3)c2)n1. The molecule has 3 aromatic rings. The Balaban J connectivity index is 1.51. The number of rotatable bonds is 4. The second-order valence-electron chi connectivity index (χ2n) is 6.27. The van der Waals surface area contributed by atoms with Crippen molar-refractivity contribution >= 4 is 17.3 Å². The van der Waals surface area contributed by atoms with Crippen LogP contribution in [-0.2, 0) is 19.5 Å². The van der Waals surface area contributed by atoms with Crippen molar-refractivity contribution in [1.82, 2.24) is 9.88 Å². The molecule has 4 rings (SSSR count). The Kier molecular flexibility index (Phi) is 4.34. The number of benzene rings is 2. The van der Waals surface area contributed by atoms with E-state index < -0.39 is 5.97 Å². The van der Waals surface area contributed by atoms with Crippen LogP contribution in [0.1, 0.15) is 27.2 Å². The van der Waals surface area contributed by atoms with Gasteiger partial charge in [0.05, 0.1) is 0 Å². The third-order valence-electron chi connectivity index (χ3n) is 4.51. The van der Waals surface area contributed by atoms with Gasteiger partial charge in [-0.05, 0) is 29.2 Å². The van der Waals surface area contributed by atoms with Gasteiger partial charge in [-0.3, -0.25) is 4.90 Å². The highest BCUT2D eigenvalue weighted by atomic mass is 32.1. The predicted octanol–water partition coefficient (Wildman–Crippen LogP) is 4.07. The van der Waals surface area contributed by atoms with Gasteiger partial charge in [-0.2, -0.15) is 0 Å². The molecule has 5 heteroatoms. The molecule has 25 heavy (non-hydrogen) atoms. The molecule has 1 aliphatic heterocycles. The Hall–Kier alpha value is -2.50. The lowest BCUT2D eigenvalue weighted by Crippen LogP contribution is -2.29. The van der Waals surface area contributed by atoms with Crippen molar-refractivity contribution in [3.05, 3.63) is 76.3 Å². The van der Waals surface area contributed by atoms with E-state index in [1.54, 1.807) is 5.38 Å². The lowest BCUT2D eigenvalue weighted by Gasteiger charge is -2.28. The molecule has 0 saturated heterocycles. The molecule has 0 unspecified atom stereocenters. The Morgan fingerprint density at radius 2 is 2.00 bits per heavy atom. The Bertz CT molecular complexity index is 919. The maximum atomic E-state index is 11.0. The van der Waals surface area contributed by atoms with Crippen molar-refractivity contribution in [2.75, 3.05) is 6.54 Å². The molecule has 1 N–H and O–H groups in total. The first kappa shape index (κ1) is 16.0. The molecule has 1 aromatic heterocycles. The van der Waals surface area contributed by atoms with E-state index in [4.69, 9.17) is 5.11 Å². The number of fused-ring (bicyclic) bond motifs is 1. The molecule has 0 radical (unpaired) electrons. The maximum absolute atomic E-state index is 11.0. The van der Waals surface area contributed by atoms with Gasteiger partial charge in [0.25, 0.3) is 0 Å². The number of nitrogens with zero attached hydrogens (tertiary/aromatic N) is 2. The van der Waals surface area contributed by atoms with Crippen LogP contribution in [0.5, 0.6) is 0 Å². The fourth-order valence-corrected chi connectivity index (χ4v) is 4.05. The number of thiazole rings is 1. The van der Waals surface area contributed by atoms with Gasteiger partial charge in [0.2, 0.25) is 0 Å². The van der Waals surface area contributed by atoms with Gasteiger partial charge in [-0.1, -0.05) is 42.5 Å². The number of carbonyl (C=O) groups is 1. The quantitative estimate of drug-likeness (QED) is 0.771. The molecule has 0 fully saturated rings. The van der Waals surface area contributed by atoms with E-state index in [-0.39, 0.29) is 5.69 Å². The minimum absolute atomic E-state index is 0.109. The van der Waals surface area contributed by atoms with Gasteiger partial charge in [0.15, 0.2) is 5.69 Å². The second-order valence-corrected chi connectivity index (χ2v) is 7.13. The summed E-state index contributed by atoms with van der Waals surface area (Å²) < 4.78 is 0. The summed E-state index contributed by atoms with van der Waals surface area (Å²) in [6.45, 7) is 2.92. The number of aromatic nitrogens is 1. The molecule has 0 amide bonds. The molecule has 126 valence electrons. The van der Waals surface area contributed by atoms with Crippen LogP contribution >= 0.6 is 11.3 Å². The molecule has 0 aliphatic carbocycles. The average molecular weight is 350 g/mol. The van der Waals surface area contributed by atoms with Crippen molar-refractivity contribution in [2.45, 2.75) is 19.5 Å². The first-order valence-electron chi connectivity index (χ1n) is 8.26. The van der Waals surface area contributed by atoms with E-state index in [9.17, 15) is 4.79 Å². The number of aromatic carboxylic acids is 1. The van der Waals surface area contributed by atoms with Gasteiger partial charge in [0.1, 0.15) is 5.01 Å². The van der Waals surface area contributed by atoms with E-state index in [1.807, 2.05) is 12.1 Å². The smallest absolute Gasteiger partial charge is 0.355 e. The fraction of sp³-hybridized carbons (Fsp3) is 0.200. The molecular weight excluding hydrogens is 332 g/mol. The first-order valence-corrected chi connectivity index (χ1v) is 9.14. The first-order chi connectivity index (χ1) is 12.2. The minimum Gasteiger partial charge on any atom is -0.476 e. The highest BCUT2D eigenvalue weighted by molar-refractivity contribution is 7.13. The van der Waals surface area contributed by atoms with Crippen molar-refractivity contribution < 1.29 is 9.90 Å². The van der Waals surface area contributed by atoms with Gasteiger partial charge in [0, 0.05) is 30.6 Å². The average Bonchev–Trinajstić information content (AvgIpc) is 3.12. The summed E-state index contributed by atoms with van der Waals surface area (Å²) in [4.78, 5) is 17.7. The minimum atomic E-state index is -0.981. The van der Waals surface area contributed by atoms with Gasteiger partial charge in [-0.25, -0.2) is 9.78 Å². The van der Waals surface area contributed by atoms with Crippen LogP contribution in [0.3, 0.4) is 0 Å². The van der Waals surface area contributed by atoms with Gasteiger partial charge >= 0.3 is 5.97 Å². The van der Waals surface area contributed by atoms with Crippen LogP contribution in [0.2, 0.25) is 0 Å². The lowest BCUT2D eigenvalue weighted by atomic mass is 9.99. The third kappa shape index (κ3) is 3.48. The van der Waals surface area contributed by atoms with Crippen molar-refractivity contribution in [3.63, 3.8) is 0 Å². The molecule has 2 aromatic carbocycles. The van der Waals surface area contributed by atoms with Crippen LogP contribution in [0.15, 0.2) is 53.9 Å². The van der Waals surface area contributed by atoms with Crippen molar-refractivity contribution in [1.29, 1.82) is 0 Å². The van der Waals surface area contributed by atoms with Crippen LogP contribution in [0, 0.1) is 0 Å². The zero-order valence-electron chi connectivity index (χ0n) is 13.7. The largest absolute Gasteiger partial charge is 0.476 e. The highest BCUT2D eigenvalue weighted by Gasteiger charge is 2.16. The van der Waals surface area contributed by atoms with Crippen LogP contribution in [0.4, 0.5) is 0 Å². The fourth-order valence-electron chi connectivity index (χ4n) is 3.25. The Morgan fingerprint density at radius 3 is 2.80 bits per heavy atom. The zero-order valence-corrected chi connectivity index (χ0v) is 14.5. The summed E-state index contributed by atoms with van der Waals surface area (Å²) in [7, 11) is 0. The summed E-state index contributed by atoms with van der Waals surface area (Å²) in [5.74, 6) is -0.981. The highest BCUT2D eigenvalue weighted by Crippen LogP contribution is 2.26. The summed E-state index contributed by atoms with van der Waals surface area (Å²) >= 11 is 1.37. The van der Waals surface area contributed by atoms with E-state index in [2.05, 4.69) is 46.3 Å². The van der Waals surface area contributed by atoms with Crippen LogP contribution in [0.25, 0.3) is 10.6 Å². The van der Waals surface area contributed by atoms with Gasteiger partial charge in [-0.15, -0.1) is 11.3 Å². The standard InChI is InChI=1S/C20H18N2O2S/c23-20(24)18-13-25-19(21-18)16-7-3-4-14(10-16)11-22-9-8-15-5-1-2-6-17(15)12-22/h1-7,10,13H,8-9,11-12H2,(H,23,24). The molecular formula is C20H18N2O2S. The van der Waals surface area contributed by atoms with Gasteiger partial charge < -0.3 is 5.11 Å². The van der Waals surface area contributed by atoms with Crippen LogP contribution < -0.4 is 0 Å². The third-order valence-corrected chi connectivity index (χ3v) is 5.40. The number of carboxylic acid groups (broad SMARTS) is 1. The summed E-state index contributed by atoms with van der Waals surface area (Å²) in [5, 5.41) is 11.4. The lowest BCUT2D eigenvalue weighted by molar-refractivity contribution is 0.0691. The molecule has 4 nitrogen and oxygen atoms in total. The molecule has 0 saturated carbocycles. The Labute approximate surface area is 150 Å². The normalized spacial score (nSPS) is 14.2. The number of hydrogen-bond donors (Lipinski definition) is 1. The van der Waals surface area contributed by atoms with E-state index in [1.165, 1.54) is 28.0 Å². The molecule has 2 heterocycles. The molecule has 1 aliphatic rings. The summed E-state index contributed by atoms with van der Waals surface area (Å²) in [5.41, 5.74) is 5.18. The number of hydrogen-bond acceptors (Lipinski definition) is 4. The zero-order chi connectivity index (χ0) is 17.2. The van der Waals surface area contributed by atoms with E-state index >= 15 is 0 Å². The van der Waals surface area contributed by atoms with Crippen LogP contribution in [-0.4, -0.2) is 27.5 Å². The van der Waals surface area contributed by atoms with E-state index in [0.29, 0.717) is 0 Å². The Morgan fingerprint density at radius 1 is 1.16 bits per heavy atom.